The number of hydrogen-bond donors (Lipinski definition) is 1. The summed E-state index contributed by atoms with van der Waals surface area (Å²) in [6.07, 6.45) is 0. The van der Waals surface area contributed by atoms with E-state index >= 15 is 0 Å². The molecule has 3 heteroatoms. The van der Waals surface area contributed by atoms with Gasteiger partial charge in [-0.1, -0.05) is 0 Å². The van der Waals surface area contributed by atoms with Crippen LogP contribution < -0.4 is 0 Å². The molecule has 0 aliphatic heterocycles. The molecule has 0 saturated carbocycles. The Kier molecular flexibility index (Phi) is 4.60. The Balaban J connectivity index is 1.97. The molecule has 0 radical (unpaired) electrons. The van der Waals surface area contributed by atoms with Crippen LogP contribution >= 0.6 is 18.0 Å². The summed E-state index contributed by atoms with van der Waals surface area (Å²) in [5.41, 5.74) is 0. The van der Waals surface area contributed by atoms with E-state index in [0.717, 1.165) is 5.90 Å². The summed E-state index contributed by atoms with van der Waals surface area (Å²) in [7, 11) is 2.52. The molecule has 26 valence electrons. The molecule has 0 bridgehead atoms. The summed E-state index contributed by atoms with van der Waals surface area (Å²) in [5.74, 6) is 0.819. The van der Waals surface area contributed by atoms with Crippen molar-refractivity contribution in [3.8, 4) is 0 Å². The maximum absolute atomic E-state index is 7.88. The molecule has 2 unspecified atom stereocenters. The van der Waals surface area contributed by atoms with Crippen LogP contribution in [0.3, 0.4) is 0 Å². The summed E-state index contributed by atoms with van der Waals surface area (Å²) < 4.78 is 0. The van der Waals surface area contributed by atoms with Crippen molar-refractivity contribution in [3.05, 3.63) is 0 Å². The fourth-order valence-corrected chi connectivity index (χ4v) is 0. The topological polar surface area (TPSA) is 20.2 Å². The van der Waals surface area contributed by atoms with Gasteiger partial charge in [0.1, 0.15) is 0 Å². The summed E-state index contributed by atoms with van der Waals surface area (Å²) >= 11 is 0. The van der Waals surface area contributed by atoms with Crippen LogP contribution in [0.5, 0.6) is 0 Å². The predicted octanol–water partition coefficient (Wildman–Crippen LogP) is 0.405. The molecule has 0 saturated heterocycles. The first-order chi connectivity index (χ1) is 1.91. The fourth-order valence-electron chi connectivity index (χ4n) is 0. The van der Waals surface area contributed by atoms with Crippen molar-refractivity contribution in [1.29, 1.82) is 0 Å². The maximum atomic E-state index is 7.88. The monoisotopic (exact) mass is 96.0 g/mol. The van der Waals surface area contributed by atoms with Crippen LogP contribution in [0.25, 0.3) is 0 Å². The summed E-state index contributed by atoms with van der Waals surface area (Å²) in [6, 6.07) is 0. The van der Waals surface area contributed by atoms with Crippen LogP contribution in [0.2, 0.25) is 0 Å². The van der Waals surface area contributed by atoms with E-state index < -0.39 is 0 Å². The van der Waals surface area contributed by atoms with Gasteiger partial charge in [-0.3, -0.25) is 0 Å². The molecule has 0 amide bonds. The molecule has 1 N–H and O–H groups in total. The molecule has 0 aliphatic rings. The van der Waals surface area contributed by atoms with Crippen LogP contribution in [0.4, 0.5) is 0 Å². The predicted molar refractivity (Wildman–Crippen MR) is 25.1 cm³/mol. The fraction of sp³-hybridized carbons (Fsp3) is 1.00. The van der Waals surface area contributed by atoms with Crippen LogP contribution in [0.15, 0.2) is 0 Å². The van der Waals surface area contributed by atoms with Crippen molar-refractivity contribution in [3.63, 3.8) is 0 Å². The van der Waals surface area contributed by atoms with Crippen molar-refractivity contribution in [2.45, 2.75) is 0 Å². The molecule has 0 fully saturated rings. The zero-order valence-corrected chi connectivity index (χ0v) is 4.39. The second-order valence-corrected chi connectivity index (χ2v) is 2.31. The van der Waals surface area contributed by atoms with Gasteiger partial charge >= 0.3 is 0 Å². The van der Waals surface area contributed by atoms with E-state index in [9.17, 15) is 0 Å². The lowest BCUT2D eigenvalue weighted by molar-refractivity contribution is 0.650. The Hall–Kier alpha value is 0.820. The van der Waals surface area contributed by atoms with Crippen molar-refractivity contribution < 1.29 is 4.89 Å². The van der Waals surface area contributed by atoms with Crippen molar-refractivity contribution >= 4 is 18.0 Å². The Bertz CT molecular complexity index is 8.00. The minimum atomic E-state index is 0.103. The van der Waals surface area contributed by atoms with Gasteiger partial charge in [-0.25, -0.2) is 0 Å². The van der Waals surface area contributed by atoms with E-state index in [1.807, 2.05) is 0 Å². The Morgan fingerprint density at radius 1 is 2.00 bits per heavy atom. The van der Waals surface area contributed by atoms with Gasteiger partial charge in [0, 0.05) is 14.7 Å². The molecule has 1 nitrogen and oxygen atoms in total. The van der Waals surface area contributed by atoms with Crippen LogP contribution in [-0.2, 0) is 0 Å². The van der Waals surface area contributed by atoms with E-state index in [4.69, 9.17) is 4.89 Å². The highest BCUT2D eigenvalue weighted by atomic mass is 31.1. The third kappa shape index (κ3) is 2.82. The van der Waals surface area contributed by atoms with E-state index in [0.29, 0.717) is 0 Å². The maximum Gasteiger partial charge on any atom is 0.0146 e. The summed E-state index contributed by atoms with van der Waals surface area (Å²) in [4.78, 5) is 7.88. The third-order valence-corrected chi connectivity index (χ3v) is 0.822. The van der Waals surface area contributed by atoms with Gasteiger partial charge in [-0.15, -0.1) is 9.24 Å². The van der Waals surface area contributed by atoms with Gasteiger partial charge in [-0.2, -0.15) is 0 Å². The molecular formula is CH6OP2. The largest absolute Gasteiger partial charge is 0.377 e. The zero-order valence-electron chi connectivity index (χ0n) is 2.23. The normalized spacial score (nSPS) is 10.5. The number of hydrogen-bond acceptors (Lipinski definition) is 1. The minimum Gasteiger partial charge on any atom is -0.377 e. The molecule has 0 aliphatic carbocycles. The van der Waals surface area contributed by atoms with Crippen LogP contribution in [0, 0.1) is 0 Å². The second-order valence-electron chi connectivity index (χ2n) is 0.362. The van der Waals surface area contributed by atoms with Gasteiger partial charge in [0.15, 0.2) is 0 Å². The first-order valence-electron chi connectivity index (χ1n) is 0.985. The van der Waals surface area contributed by atoms with E-state index in [2.05, 4.69) is 9.24 Å². The third-order valence-electron chi connectivity index (χ3n) is 0.0913. The van der Waals surface area contributed by atoms with E-state index in [1.54, 1.807) is 0 Å². The molecule has 0 aromatic carbocycles. The standard InChI is InChI=1S/CH6OP2/c2-4-1-3/h2,4H,1,3H2. The lowest BCUT2D eigenvalue weighted by atomic mass is 11.9. The van der Waals surface area contributed by atoms with Crippen LogP contribution in [0.1, 0.15) is 0 Å². The first kappa shape index (κ1) is 4.82. The van der Waals surface area contributed by atoms with Gasteiger partial charge in [-0.05, 0) is 0 Å². The van der Waals surface area contributed by atoms with E-state index in [-0.39, 0.29) is 8.81 Å². The average molecular weight is 96.0 g/mol. The molecule has 2 atom stereocenters. The van der Waals surface area contributed by atoms with Crippen LogP contribution in [-0.4, -0.2) is 10.8 Å². The number of rotatable bonds is 1. The van der Waals surface area contributed by atoms with Gasteiger partial charge in [0.05, 0.1) is 0 Å². The average Bonchev–Trinajstić information content (AvgIpc) is 1.37. The van der Waals surface area contributed by atoms with Crippen molar-refractivity contribution in [2.24, 2.45) is 0 Å². The molecule has 0 aromatic heterocycles. The molecule has 0 spiro atoms. The lowest BCUT2D eigenvalue weighted by Gasteiger charge is -1.69. The highest BCUT2D eigenvalue weighted by molar-refractivity contribution is 7.44. The molecule has 0 heterocycles. The summed E-state index contributed by atoms with van der Waals surface area (Å²) in [5, 5.41) is 0. The Morgan fingerprint density at radius 2 is 2.25 bits per heavy atom. The highest BCUT2D eigenvalue weighted by Crippen LogP contribution is 2.03. The minimum absolute atomic E-state index is 0.103. The molecular weight excluding hydrogens is 90.0 g/mol. The quantitative estimate of drug-likeness (QED) is 0.468. The highest BCUT2D eigenvalue weighted by Gasteiger charge is 1.56. The first-order valence-corrected chi connectivity index (χ1v) is 2.96. The SMILES string of the molecule is OPCP. The van der Waals surface area contributed by atoms with Gasteiger partial charge in [0.2, 0.25) is 0 Å². The van der Waals surface area contributed by atoms with Gasteiger partial charge < -0.3 is 4.89 Å². The van der Waals surface area contributed by atoms with Gasteiger partial charge in [0.25, 0.3) is 0 Å². The second kappa shape index (κ2) is 3.82. The summed E-state index contributed by atoms with van der Waals surface area (Å²) in [6.45, 7) is 0. The van der Waals surface area contributed by atoms with E-state index in [1.165, 1.54) is 0 Å². The molecule has 4 heavy (non-hydrogen) atoms. The Morgan fingerprint density at radius 3 is 2.25 bits per heavy atom. The molecule has 0 aromatic rings. The van der Waals surface area contributed by atoms with Crippen molar-refractivity contribution in [1.82, 2.24) is 0 Å². The Labute approximate surface area is 29.9 Å². The lowest BCUT2D eigenvalue weighted by Crippen LogP contribution is -1.39. The molecule has 0 rings (SSSR count). The van der Waals surface area contributed by atoms with Crippen molar-refractivity contribution in [2.75, 3.05) is 5.90 Å². The smallest absolute Gasteiger partial charge is 0.0146 e. The zero-order chi connectivity index (χ0) is 3.41.